The van der Waals surface area contributed by atoms with Gasteiger partial charge in [-0.25, -0.2) is 0 Å². The maximum Gasteiger partial charge on any atom is 0.253 e. The minimum absolute atomic E-state index is 0.139. The fourth-order valence-electron chi connectivity index (χ4n) is 2.01. The van der Waals surface area contributed by atoms with E-state index in [0.29, 0.717) is 5.41 Å². The quantitative estimate of drug-likeness (QED) is 0.721. The van der Waals surface area contributed by atoms with E-state index in [4.69, 9.17) is 0 Å². The molecule has 0 unspecified atom stereocenters. The fraction of sp³-hybridized carbons (Fsp3) is 0.917. The van der Waals surface area contributed by atoms with E-state index in [1.165, 1.54) is 0 Å². The van der Waals surface area contributed by atoms with Gasteiger partial charge in [0.2, 0.25) is 0 Å². The van der Waals surface area contributed by atoms with Crippen LogP contribution in [0.3, 0.4) is 0 Å². The van der Waals surface area contributed by atoms with Crippen LogP contribution in [0.5, 0.6) is 0 Å². The highest BCUT2D eigenvalue weighted by Gasteiger charge is 2.32. The predicted octanol–water partition coefficient (Wildman–Crippen LogP) is 1.80. The van der Waals surface area contributed by atoms with Crippen molar-refractivity contribution in [2.75, 3.05) is 13.1 Å². The predicted molar refractivity (Wildman–Crippen MR) is 60.5 cm³/mol. The van der Waals surface area contributed by atoms with Gasteiger partial charge in [0.05, 0.1) is 0 Å². The molecule has 0 aromatic rings. The SMILES string of the molecule is CC1(C)CCCN(C(=O)C(C)(C)O)CC1. The van der Waals surface area contributed by atoms with Gasteiger partial charge in [-0.15, -0.1) is 0 Å². The van der Waals surface area contributed by atoms with Crippen LogP contribution in [0.2, 0.25) is 0 Å². The minimum Gasteiger partial charge on any atom is -0.381 e. The zero-order chi connectivity index (χ0) is 11.7. The van der Waals surface area contributed by atoms with E-state index in [1.54, 1.807) is 18.7 Å². The van der Waals surface area contributed by atoms with E-state index < -0.39 is 5.60 Å². The molecule has 1 N–H and O–H groups in total. The Labute approximate surface area is 92.5 Å². The van der Waals surface area contributed by atoms with Gasteiger partial charge in [-0.3, -0.25) is 4.79 Å². The van der Waals surface area contributed by atoms with Gasteiger partial charge in [0.1, 0.15) is 5.60 Å². The van der Waals surface area contributed by atoms with Crippen LogP contribution in [0.15, 0.2) is 0 Å². The highest BCUT2D eigenvalue weighted by molar-refractivity contribution is 5.84. The maximum atomic E-state index is 11.9. The lowest BCUT2D eigenvalue weighted by molar-refractivity contribution is -0.147. The van der Waals surface area contributed by atoms with E-state index >= 15 is 0 Å². The van der Waals surface area contributed by atoms with Crippen molar-refractivity contribution in [3.8, 4) is 0 Å². The lowest BCUT2D eigenvalue weighted by Crippen LogP contribution is -2.45. The lowest BCUT2D eigenvalue weighted by atomic mass is 9.85. The average Bonchev–Trinajstić information content (AvgIpc) is 2.23. The van der Waals surface area contributed by atoms with Gasteiger partial charge in [0.25, 0.3) is 5.91 Å². The van der Waals surface area contributed by atoms with Crippen molar-refractivity contribution in [3.63, 3.8) is 0 Å². The molecule has 0 aliphatic carbocycles. The van der Waals surface area contributed by atoms with Gasteiger partial charge in [0.15, 0.2) is 0 Å². The van der Waals surface area contributed by atoms with Crippen LogP contribution in [-0.4, -0.2) is 34.6 Å². The molecule has 15 heavy (non-hydrogen) atoms. The van der Waals surface area contributed by atoms with Gasteiger partial charge in [-0.1, -0.05) is 13.8 Å². The summed E-state index contributed by atoms with van der Waals surface area (Å²) in [7, 11) is 0. The van der Waals surface area contributed by atoms with E-state index in [9.17, 15) is 9.90 Å². The Balaban J connectivity index is 2.62. The third-order valence-electron chi connectivity index (χ3n) is 3.15. The van der Waals surface area contributed by atoms with Crippen molar-refractivity contribution >= 4 is 5.91 Å². The Bertz CT molecular complexity index is 240. The summed E-state index contributed by atoms with van der Waals surface area (Å²) in [5, 5.41) is 9.67. The van der Waals surface area contributed by atoms with Gasteiger partial charge in [0, 0.05) is 13.1 Å². The monoisotopic (exact) mass is 213 g/mol. The van der Waals surface area contributed by atoms with Crippen LogP contribution >= 0.6 is 0 Å². The molecular weight excluding hydrogens is 190 g/mol. The van der Waals surface area contributed by atoms with Crippen LogP contribution in [0, 0.1) is 5.41 Å². The summed E-state index contributed by atoms with van der Waals surface area (Å²) >= 11 is 0. The number of nitrogens with zero attached hydrogens (tertiary/aromatic N) is 1. The number of amides is 1. The lowest BCUT2D eigenvalue weighted by Gasteiger charge is -2.28. The molecule has 88 valence electrons. The Morgan fingerprint density at radius 3 is 2.40 bits per heavy atom. The maximum absolute atomic E-state index is 11.9. The van der Waals surface area contributed by atoms with Crippen LogP contribution in [0.1, 0.15) is 47.0 Å². The first-order chi connectivity index (χ1) is 6.72. The smallest absolute Gasteiger partial charge is 0.253 e. The molecule has 0 radical (unpaired) electrons. The molecule has 1 fully saturated rings. The molecule has 1 heterocycles. The number of hydrogen-bond acceptors (Lipinski definition) is 2. The molecular formula is C12H23NO2. The summed E-state index contributed by atoms with van der Waals surface area (Å²) in [6.45, 7) is 9.16. The van der Waals surface area contributed by atoms with Gasteiger partial charge >= 0.3 is 0 Å². The average molecular weight is 213 g/mol. The zero-order valence-corrected chi connectivity index (χ0v) is 10.3. The minimum atomic E-state index is -1.23. The van der Waals surface area contributed by atoms with Crippen LogP contribution in [-0.2, 0) is 4.79 Å². The Hall–Kier alpha value is -0.570. The van der Waals surface area contributed by atoms with Gasteiger partial charge in [-0.05, 0) is 38.5 Å². The van der Waals surface area contributed by atoms with Crippen molar-refractivity contribution in [1.82, 2.24) is 4.90 Å². The summed E-state index contributed by atoms with van der Waals surface area (Å²) < 4.78 is 0. The standard InChI is InChI=1S/C12H23NO2/c1-11(2)6-5-8-13(9-7-11)10(14)12(3,4)15/h15H,5-9H2,1-4H3. The van der Waals surface area contributed by atoms with Gasteiger partial charge in [-0.2, -0.15) is 0 Å². The number of rotatable bonds is 1. The third kappa shape index (κ3) is 3.49. The molecule has 0 atom stereocenters. The molecule has 0 spiro atoms. The molecule has 1 amide bonds. The highest BCUT2D eigenvalue weighted by atomic mass is 16.3. The van der Waals surface area contributed by atoms with Crippen molar-refractivity contribution in [1.29, 1.82) is 0 Å². The summed E-state index contributed by atoms with van der Waals surface area (Å²) in [5.41, 5.74) is -0.900. The third-order valence-corrected chi connectivity index (χ3v) is 3.15. The molecule has 0 aromatic carbocycles. The molecule has 1 aliphatic heterocycles. The first kappa shape index (κ1) is 12.5. The first-order valence-corrected chi connectivity index (χ1v) is 5.74. The van der Waals surface area contributed by atoms with Gasteiger partial charge < -0.3 is 10.0 Å². The molecule has 0 aromatic heterocycles. The molecule has 1 aliphatic rings. The van der Waals surface area contributed by atoms with Crippen LogP contribution in [0.25, 0.3) is 0 Å². The topological polar surface area (TPSA) is 40.5 Å². The van der Waals surface area contributed by atoms with E-state index in [0.717, 1.165) is 32.4 Å². The molecule has 3 heteroatoms. The molecule has 1 rings (SSSR count). The number of likely N-dealkylation sites (tertiary alicyclic amines) is 1. The summed E-state index contributed by atoms with van der Waals surface area (Å²) in [4.78, 5) is 13.7. The summed E-state index contributed by atoms with van der Waals surface area (Å²) in [6, 6.07) is 0. The van der Waals surface area contributed by atoms with Crippen molar-refractivity contribution < 1.29 is 9.90 Å². The second kappa shape index (κ2) is 4.12. The number of aliphatic hydroxyl groups is 1. The first-order valence-electron chi connectivity index (χ1n) is 5.74. The van der Waals surface area contributed by atoms with Crippen LogP contribution in [0.4, 0.5) is 0 Å². The van der Waals surface area contributed by atoms with Crippen molar-refractivity contribution in [2.24, 2.45) is 5.41 Å². The van der Waals surface area contributed by atoms with Crippen molar-refractivity contribution in [3.05, 3.63) is 0 Å². The van der Waals surface area contributed by atoms with E-state index in [1.807, 2.05) is 0 Å². The summed E-state index contributed by atoms with van der Waals surface area (Å²) in [6.07, 6.45) is 3.21. The summed E-state index contributed by atoms with van der Waals surface area (Å²) in [5.74, 6) is -0.139. The van der Waals surface area contributed by atoms with E-state index in [2.05, 4.69) is 13.8 Å². The molecule has 3 nitrogen and oxygen atoms in total. The number of carbonyl (C=O) groups excluding carboxylic acids is 1. The molecule has 1 saturated heterocycles. The molecule has 0 saturated carbocycles. The van der Waals surface area contributed by atoms with Crippen molar-refractivity contribution in [2.45, 2.75) is 52.6 Å². The molecule has 0 bridgehead atoms. The number of hydrogen-bond donors (Lipinski definition) is 1. The highest BCUT2D eigenvalue weighted by Crippen LogP contribution is 2.30. The van der Waals surface area contributed by atoms with Crippen LogP contribution < -0.4 is 0 Å². The Morgan fingerprint density at radius 2 is 1.87 bits per heavy atom. The Morgan fingerprint density at radius 1 is 1.27 bits per heavy atom. The number of carbonyl (C=O) groups is 1. The second-order valence-electron chi connectivity index (χ2n) is 5.87. The normalized spacial score (nSPS) is 22.3. The Kier molecular flexibility index (Phi) is 3.44. The second-order valence-corrected chi connectivity index (χ2v) is 5.87. The zero-order valence-electron chi connectivity index (χ0n) is 10.3. The van der Waals surface area contributed by atoms with E-state index in [-0.39, 0.29) is 5.91 Å². The largest absolute Gasteiger partial charge is 0.381 e. The fourth-order valence-corrected chi connectivity index (χ4v) is 2.01.